The van der Waals surface area contributed by atoms with E-state index in [0.717, 1.165) is 23.4 Å². The summed E-state index contributed by atoms with van der Waals surface area (Å²) in [6.45, 7) is 0. The first-order valence-corrected chi connectivity index (χ1v) is 10.2. The Morgan fingerprint density at radius 3 is 2.37 bits per heavy atom. The Kier molecular flexibility index (Phi) is 4.41. The molecule has 0 saturated heterocycles. The van der Waals surface area contributed by atoms with E-state index in [0.29, 0.717) is 17.8 Å². The number of nitrogens with two attached hydrogens (primary N) is 1. The van der Waals surface area contributed by atoms with E-state index in [1.54, 1.807) is 18.3 Å². The maximum absolute atomic E-state index is 11.4. The standard InChI is InChI=1S/C20H20N4O2S/c1-24(15-5-3-2-4-6-15)20-22-12-11-19(23-20)18-13-17(18)14-7-9-16(10-8-14)27(21,25)26/h2-12,17-18H,13H2,1H3,(H2,21,25,26). The monoisotopic (exact) mass is 380 g/mol. The van der Waals surface area contributed by atoms with Crippen molar-refractivity contribution in [1.82, 2.24) is 9.97 Å². The van der Waals surface area contributed by atoms with Gasteiger partial charge in [0.1, 0.15) is 0 Å². The van der Waals surface area contributed by atoms with Crippen LogP contribution in [0.25, 0.3) is 0 Å². The highest BCUT2D eigenvalue weighted by atomic mass is 32.2. The molecule has 3 aromatic rings. The summed E-state index contributed by atoms with van der Waals surface area (Å²) in [5.41, 5.74) is 3.13. The van der Waals surface area contributed by atoms with E-state index in [-0.39, 0.29) is 4.90 Å². The summed E-state index contributed by atoms with van der Waals surface area (Å²) in [5, 5.41) is 5.16. The molecule has 0 radical (unpaired) electrons. The van der Waals surface area contributed by atoms with Crippen molar-refractivity contribution in [2.45, 2.75) is 23.2 Å². The third kappa shape index (κ3) is 3.70. The maximum Gasteiger partial charge on any atom is 0.238 e. The quantitative estimate of drug-likeness (QED) is 0.734. The van der Waals surface area contributed by atoms with Crippen molar-refractivity contribution in [1.29, 1.82) is 0 Å². The minimum absolute atomic E-state index is 0.136. The van der Waals surface area contributed by atoms with Crippen LogP contribution in [0.1, 0.15) is 29.5 Å². The van der Waals surface area contributed by atoms with Crippen molar-refractivity contribution in [3.05, 3.63) is 78.1 Å². The number of benzene rings is 2. The van der Waals surface area contributed by atoms with Gasteiger partial charge in [-0.05, 0) is 48.2 Å². The molecular formula is C20H20N4O2S. The molecule has 1 heterocycles. The molecule has 1 aromatic heterocycles. The second-order valence-electron chi connectivity index (χ2n) is 6.74. The molecule has 1 fully saturated rings. The fourth-order valence-electron chi connectivity index (χ4n) is 3.29. The molecule has 1 aliphatic rings. The van der Waals surface area contributed by atoms with Crippen LogP contribution in [0.2, 0.25) is 0 Å². The summed E-state index contributed by atoms with van der Waals surface area (Å²) in [6, 6.07) is 18.7. The average Bonchev–Trinajstić information content (AvgIpc) is 3.49. The van der Waals surface area contributed by atoms with E-state index < -0.39 is 10.0 Å². The molecule has 2 unspecified atom stereocenters. The fourth-order valence-corrected chi connectivity index (χ4v) is 3.81. The van der Waals surface area contributed by atoms with Crippen LogP contribution in [0.15, 0.2) is 71.8 Å². The van der Waals surface area contributed by atoms with Gasteiger partial charge in [0.15, 0.2) is 0 Å². The van der Waals surface area contributed by atoms with Gasteiger partial charge in [0.2, 0.25) is 16.0 Å². The van der Waals surface area contributed by atoms with Crippen LogP contribution in [0.5, 0.6) is 0 Å². The van der Waals surface area contributed by atoms with Gasteiger partial charge in [-0.1, -0.05) is 30.3 Å². The number of primary sulfonamides is 1. The van der Waals surface area contributed by atoms with Gasteiger partial charge in [-0.2, -0.15) is 0 Å². The second-order valence-corrected chi connectivity index (χ2v) is 8.30. The van der Waals surface area contributed by atoms with Gasteiger partial charge in [-0.15, -0.1) is 0 Å². The van der Waals surface area contributed by atoms with Gasteiger partial charge in [0.25, 0.3) is 0 Å². The molecular weight excluding hydrogens is 360 g/mol. The average molecular weight is 380 g/mol. The lowest BCUT2D eigenvalue weighted by molar-refractivity contribution is 0.598. The van der Waals surface area contributed by atoms with E-state index in [1.807, 2.05) is 60.5 Å². The van der Waals surface area contributed by atoms with Crippen LogP contribution < -0.4 is 10.0 Å². The van der Waals surface area contributed by atoms with Gasteiger partial charge in [0, 0.05) is 30.5 Å². The van der Waals surface area contributed by atoms with Crippen molar-refractivity contribution in [3.63, 3.8) is 0 Å². The summed E-state index contributed by atoms with van der Waals surface area (Å²) < 4.78 is 22.8. The zero-order valence-electron chi connectivity index (χ0n) is 14.9. The Labute approximate surface area is 158 Å². The third-order valence-corrected chi connectivity index (χ3v) is 5.84. The molecule has 0 spiro atoms. The summed E-state index contributed by atoms with van der Waals surface area (Å²) in [6.07, 6.45) is 2.77. The van der Waals surface area contributed by atoms with Crippen molar-refractivity contribution in [2.24, 2.45) is 5.14 Å². The Bertz CT molecular complexity index is 1050. The fraction of sp³-hybridized carbons (Fsp3) is 0.200. The normalized spacial score (nSPS) is 18.9. The number of aromatic nitrogens is 2. The zero-order valence-corrected chi connectivity index (χ0v) is 15.7. The van der Waals surface area contributed by atoms with Gasteiger partial charge in [0.05, 0.1) is 4.90 Å². The number of rotatable bonds is 5. The predicted molar refractivity (Wildman–Crippen MR) is 104 cm³/mol. The lowest BCUT2D eigenvalue weighted by Crippen LogP contribution is -2.13. The van der Waals surface area contributed by atoms with Crippen LogP contribution >= 0.6 is 0 Å². The Morgan fingerprint density at radius 1 is 1.00 bits per heavy atom. The van der Waals surface area contributed by atoms with E-state index >= 15 is 0 Å². The number of hydrogen-bond donors (Lipinski definition) is 1. The summed E-state index contributed by atoms with van der Waals surface area (Å²) >= 11 is 0. The largest absolute Gasteiger partial charge is 0.314 e. The molecule has 6 nitrogen and oxygen atoms in total. The van der Waals surface area contributed by atoms with Gasteiger partial charge >= 0.3 is 0 Å². The molecule has 2 aromatic carbocycles. The molecule has 27 heavy (non-hydrogen) atoms. The molecule has 1 aliphatic carbocycles. The highest BCUT2D eigenvalue weighted by Gasteiger charge is 2.40. The van der Waals surface area contributed by atoms with E-state index in [4.69, 9.17) is 10.1 Å². The molecule has 4 rings (SSSR count). The SMILES string of the molecule is CN(c1ccccc1)c1nccc(C2CC2c2ccc(S(N)(=O)=O)cc2)n1. The number of sulfonamides is 1. The van der Waals surface area contributed by atoms with Crippen LogP contribution in [0.4, 0.5) is 11.6 Å². The predicted octanol–water partition coefficient (Wildman–Crippen LogP) is 3.16. The van der Waals surface area contributed by atoms with Crippen molar-refractivity contribution in [3.8, 4) is 0 Å². The first-order chi connectivity index (χ1) is 12.9. The molecule has 7 heteroatoms. The highest BCUT2D eigenvalue weighted by Crippen LogP contribution is 2.54. The van der Waals surface area contributed by atoms with Gasteiger partial charge in [-0.25, -0.2) is 23.5 Å². The van der Waals surface area contributed by atoms with Crippen LogP contribution in [-0.4, -0.2) is 25.4 Å². The number of para-hydroxylation sites is 1. The molecule has 1 saturated carbocycles. The number of anilines is 2. The smallest absolute Gasteiger partial charge is 0.238 e. The minimum atomic E-state index is -3.66. The van der Waals surface area contributed by atoms with Crippen LogP contribution in [0, 0.1) is 0 Å². The Hall–Kier alpha value is -2.77. The zero-order chi connectivity index (χ0) is 19.0. The van der Waals surface area contributed by atoms with Crippen LogP contribution in [0.3, 0.4) is 0 Å². The van der Waals surface area contributed by atoms with Gasteiger partial charge < -0.3 is 4.90 Å². The van der Waals surface area contributed by atoms with Crippen molar-refractivity contribution >= 4 is 21.7 Å². The number of hydrogen-bond acceptors (Lipinski definition) is 5. The molecule has 2 atom stereocenters. The molecule has 0 amide bonds. The van der Waals surface area contributed by atoms with E-state index in [2.05, 4.69) is 4.98 Å². The van der Waals surface area contributed by atoms with Crippen molar-refractivity contribution in [2.75, 3.05) is 11.9 Å². The molecule has 0 aliphatic heterocycles. The van der Waals surface area contributed by atoms with Gasteiger partial charge in [-0.3, -0.25) is 0 Å². The molecule has 138 valence electrons. The molecule has 2 N–H and O–H groups in total. The Balaban J connectivity index is 1.53. The number of nitrogens with zero attached hydrogens (tertiary/aromatic N) is 3. The summed E-state index contributed by atoms with van der Waals surface area (Å²) in [4.78, 5) is 11.2. The molecule has 0 bridgehead atoms. The first kappa shape index (κ1) is 17.6. The summed E-state index contributed by atoms with van der Waals surface area (Å²) in [5.74, 6) is 1.31. The van der Waals surface area contributed by atoms with Crippen LogP contribution in [-0.2, 0) is 10.0 Å². The lowest BCUT2D eigenvalue weighted by atomic mass is 10.1. The van der Waals surface area contributed by atoms with Crippen molar-refractivity contribution < 1.29 is 8.42 Å². The Morgan fingerprint density at radius 2 is 1.70 bits per heavy atom. The van der Waals surface area contributed by atoms with E-state index in [9.17, 15) is 8.42 Å². The third-order valence-electron chi connectivity index (χ3n) is 4.92. The lowest BCUT2D eigenvalue weighted by Gasteiger charge is -2.17. The maximum atomic E-state index is 11.4. The van der Waals surface area contributed by atoms with E-state index in [1.165, 1.54) is 0 Å². The summed E-state index contributed by atoms with van der Waals surface area (Å²) in [7, 11) is -1.71. The minimum Gasteiger partial charge on any atom is -0.314 e. The second kappa shape index (κ2) is 6.75. The topological polar surface area (TPSA) is 89.2 Å². The highest BCUT2D eigenvalue weighted by molar-refractivity contribution is 7.89. The first-order valence-electron chi connectivity index (χ1n) is 8.68.